The lowest BCUT2D eigenvalue weighted by Gasteiger charge is -2.42. The second kappa shape index (κ2) is 10.5. The Labute approximate surface area is 215 Å². The zero-order chi connectivity index (χ0) is 25.4. The Morgan fingerprint density at radius 3 is 2.78 bits per heavy atom. The van der Waals surface area contributed by atoms with E-state index in [0.29, 0.717) is 37.2 Å². The largest absolute Gasteiger partial charge is 0.459 e. The van der Waals surface area contributed by atoms with Gasteiger partial charge in [0.2, 0.25) is 11.8 Å². The van der Waals surface area contributed by atoms with Crippen LogP contribution in [0.2, 0.25) is 6.32 Å². The van der Waals surface area contributed by atoms with Crippen molar-refractivity contribution in [2.45, 2.75) is 65.1 Å². The van der Waals surface area contributed by atoms with E-state index in [0.717, 1.165) is 28.9 Å². The van der Waals surface area contributed by atoms with Crippen LogP contribution in [0.4, 0.5) is 0 Å². The summed E-state index contributed by atoms with van der Waals surface area (Å²) in [5, 5.41) is 21.8. The van der Waals surface area contributed by atoms with Crippen molar-refractivity contribution in [3.05, 3.63) is 62.8 Å². The highest BCUT2D eigenvalue weighted by Crippen LogP contribution is 2.50. The monoisotopic (exact) mass is 509 g/mol. The van der Waals surface area contributed by atoms with E-state index in [1.165, 1.54) is 10.5 Å². The van der Waals surface area contributed by atoms with Crippen molar-refractivity contribution < 1.29 is 28.8 Å². The predicted octanol–water partition coefficient (Wildman–Crippen LogP) is 4.42. The van der Waals surface area contributed by atoms with Gasteiger partial charge in [-0.05, 0) is 80.1 Å². The molecule has 4 atom stereocenters. The number of furan rings is 1. The van der Waals surface area contributed by atoms with Gasteiger partial charge in [0.1, 0.15) is 18.1 Å². The van der Waals surface area contributed by atoms with Gasteiger partial charge in [0.25, 0.3) is 0 Å². The van der Waals surface area contributed by atoms with Gasteiger partial charge in [0, 0.05) is 4.88 Å². The number of aliphatic hydroxyl groups excluding tert-OH is 1. The van der Waals surface area contributed by atoms with Crippen molar-refractivity contribution in [2.75, 3.05) is 0 Å². The minimum atomic E-state index is -0.962. The summed E-state index contributed by atoms with van der Waals surface area (Å²) in [6.45, 7) is 4.32. The molecule has 0 saturated carbocycles. The summed E-state index contributed by atoms with van der Waals surface area (Å²) in [7, 11) is -0.962. The van der Waals surface area contributed by atoms with Crippen molar-refractivity contribution in [1.29, 1.82) is 0 Å². The molecular weight excluding hydrogens is 477 g/mol. The van der Waals surface area contributed by atoms with E-state index >= 15 is 0 Å². The molecule has 0 aromatic carbocycles. The summed E-state index contributed by atoms with van der Waals surface area (Å²) >= 11 is 1.54. The van der Waals surface area contributed by atoms with Crippen LogP contribution in [-0.4, -0.2) is 40.1 Å². The first-order valence-corrected chi connectivity index (χ1v) is 13.6. The fourth-order valence-corrected chi connectivity index (χ4v) is 6.82. The molecule has 36 heavy (non-hydrogen) atoms. The molecule has 0 unspecified atom stereocenters. The Balaban J connectivity index is 1.35. The molecule has 7 nitrogen and oxygen atoms in total. The average molecular weight is 509 g/mol. The van der Waals surface area contributed by atoms with E-state index in [-0.39, 0.29) is 36.4 Å². The number of carbonyl (C=O) groups is 2. The van der Waals surface area contributed by atoms with Crippen LogP contribution in [0.3, 0.4) is 0 Å². The maximum Gasteiger partial charge on any atom is 0.455 e. The van der Waals surface area contributed by atoms with Crippen LogP contribution >= 0.6 is 11.3 Å². The highest BCUT2D eigenvalue weighted by molar-refractivity contribution is 7.09. The van der Waals surface area contributed by atoms with E-state index in [4.69, 9.17) is 9.07 Å². The molecular formula is C27H32BNO6S. The number of imide groups is 1. The third-order valence-electron chi connectivity index (χ3n) is 7.80. The van der Waals surface area contributed by atoms with Gasteiger partial charge in [-0.2, -0.15) is 0 Å². The van der Waals surface area contributed by atoms with E-state index in [9.17, 15) is 19.7 Å². The van der Waals surface area contributed by atoms with Crippen molar-refractivity contribution in [2.24, 2.45) is 17.8 Å². The summed E-state index contributed by atoms with van der Waals surface area (Å²) in [5.74, 6) is 0.0453. The van der Waals surface area contributed by atoms with Crippen LogP contribution in [0.1, 0.15) is 55.9 Å². The Bertz CT molecular complexity index is 1180. The van der Waals surface area contributed by atoms with Crippen molar-refractivity contribution in [3.8, 4) is 0 Å². The molecule has 2 fully saturated rings. The number of hydrogen-bond donors (Lipinski definition) is 2. The number of allylic oxidation sites excluding steroid dienone is 2. The molecule has 2 N–H and O–H groups in total. The number of aliphatic hydroxyl groups is 1. The number of likely N-dealkylation sites (tertiary alicyclic amines) is 1. The molecule has 0 spiro atoms. The lowest BCUT2D eigenvalue weighted by molar-refractivity contribution is -0.140. The maximum atomic E-state index is 13.5. The molecule has 0 bridgehead atoms. The quantitative estimate of drug-likeness (QED) is 0.311. The molecule has 2 aromatic heterocycles. The molecule has 190 valence electrons. The summed E-state index contributed by atoms with van der Waals surface area (Å²) in [5.41, 5.74) is 3.38. The minimum Gasteiger partial charge on any atom is -0.459 e. The molecule has 2 amide bonds. The van der Waals surface area contributed by atoms with Gasteiger partial charge in [-0.3, -0.25) is 14.5 Å². The summed E-state index contributed by atoms with van der Waals surface area (Å²) < 4.78 is 11.6. The average Bonchev–Trinajstić information content (AvgIpc) is 3.59. The van der Waals surface area contributed by atoms with Gasteiger partial charge >= 0.3 is 7.12 Å². The first-order chi connectivity index (χ1) is 17.4. The summed E-state index contributed by atoms with van der Waals surface area (Å²) in [6, 6.07) is 7.48. The van der Waals surface area contributed by atoms with E-state index in [2.05, 4.69) is 6.92 Å². The van der Waals surface area contributed by atoms with Gasteiger partial charge in [-0.25, -0.2) is 0 Å². The number of hydrogen-bond acceptors (Lipinski definition) is 7. The number of amides is 2. The van der Waals surface area contributed by atoms with Crippen LogP contribution in [-0.2, 0) is 27.4 Å². The van der Waals surface area contributed by atoms with Crippen molar-refractivity contribution >= 4 is 36.3 Å². The van der Waals surface area contributed by atoms with Crippen molar-refractivity contribution in [1.82, 2.24) is 4.90 Å². The second-order valence-electron chi connectivity index (χ2n) is 9.99. The van der Waals surface area contributed by atoms with E-state index in [1.54, 1.807) is 17.4 Å². The van der Waals surface area contributed by atoms with Crippen LogP contribution < -0.4 is 0 Å². The third kappa shape index (κ3) is 4.77. The van der Waals surface area contributed by atoms with Crippen molar-refractivity contribution in [3.63, 3.8) is 0 Å². The van der Waals surface area contributed by atoms with Gasteiger partial charge in [-0.15, -0.1) is 11.3 Å². The smallest absolute Gasteiger partial charge is 0.455 e. The van der Waals surface area contributed by atoms with Crippen LogP contribution in [0.15, 0.2) is 50.8 Å². The van der Waals surface area contributed by atoms with Gasteiger partial charge < -0.3 is 19.2 Å². The van der Waals surface area contributed by atoms with Crippen LogP contribution in [0, 0.1) is 17.8 Å². The van der Waals surface area contributed by atoms with Crippen LogP contribution in [0.5, 0.6) is 0 Å². The summed E-state index contributed by atoms with van der Waals surface area (Å²) in [4.78, 5) is 29.2. The first kappa shape index (κ1) is 25.2. The Hall–Kier alpha value is -2.46. The van der Waals surface area contributed by atoms with E-state index < -0.39 is 13.0 Å². The van der Waals surface area contributed by atoms with Crippen LogP contribution in [0.25, 0.3) is 6.08 Å². The summed E-state index contributed by atoms with van der Waals surface area (Å²) in [6.07, 6.45) is 4.85. The Kier molecular flexibility index (Phi) is 7.35. The molecule has 2 saturated heterocycles. The topological polar surface area (TPSA) is 100 Å². The lowest BCUT2D eigenvalue weighted by Crippen LogP contribution is -2.46. The minimum absolute atomic E-state index is 0.0915. The molecule has 0 radical (unpaired) electrons. The Morgan fingerprint density at radius 1 is 1.25 bits per heavy atom. The fourth-order valence-electron chi connectivity index (χ4n) is 6.13. The molecule has 5 rings (SSSR count). The zero-order valence-corrected chi connectivity index (χ0v) is 21.5. The number of rotatable bonds is 8. The molecule has 3 aliphatic rings. The SMILES string of the molecule is CC/C(=C\c1ccc(CO)o1)CC[C@H]1OB(O)C[C@H]2C1=C(C)C[C@H]1C(=O)N(Cc3cccs3)C(=O)[C@H]12. The normalized spacial score (nSPS) is 26.6. The molecule has 2 aliphatic heterocycles. The first-order valence-electron chi connectivity index (χ1n) is 12.7. The van der Waals surface area contributed by atoms with Gasteiger partial charge in [0.05, 0.1) is 24.5 Å². The standard InChI is InChI=1S/C27H32BNO6S/c1-3-17(12-18-7-8-19(15-30)34-18)6-9-23-24-16(2)11-21-25(22(24)13-28(33)35-23)27(32)29(26(21)31)14-20-5-4-10-36-20/h4-5,7-8,10,12,21-23,25,30,33H,3,6,9,11,13-15H2,1-2H3/b17-12+/t21-,22+,23-,25-/m1/s1. The van der Waals surface area contributed by atoms with Gasteiger partial charge in [0.15, 0.2) is 0 Å². The number of fused-ring (bicyclic) bond motifs is 3. The predicted molar refractivity (Wildman–Crippen MR) is 137 cm³/mol. The molecule has 4 heterocycles. The van der Waals surface area contributed by atoms with Gasteiger partial charge in [-0.1, -0.05) is 24.1 Å². The number of thiophene rings is 1. The Morgan fingerprint density at radius 2 is 2.08 bits per heavy atom. The maximum absolute atomic E-state index is 13.5. The highest BCUT2D eigenvalue weighted by atomic mass is 32.1. The zero-order valence-electron chi connectivity index (χ0n) is 20.7. The highest BCUT2D eigenvalue weighted by Gasteiger charge is 2.56. The third-order valence-corrected chi connectivity index (χ3v) is 8.67. The molecule has 1 aliphatic carbocycles. The number of nitrogens with zero attached hydrogens (tertiary/aromatic N) is 1. The fraction of sp³-hybridized carbons (Fsp3) is 0.481. The van der Waals surface area contributed by atoms with E-state index in [1.807, 2.05) is 36.6 Å². The second-order valence-corrected chi connectivity index (χ2v) is 11.0. The lowest BCUT2D eigenvalue weighted by atomic mass is 9.59. The molecule has 2 aromatic rings. The molecule has 9 heteroatoms. The number of carbonyl (C=O) groups excluding carboxylic acids is 2.